The Morgan fingerprint density at radius 3 is 1.93 bits per heavy atom. The van der Waals surface area contributed by atoms with Gasteiger partial charge in [0, 0.05) is 31.7 Å². The highest BCUT2D eigenvalue weighted by atomic mass is 31.2. The fourth-order valence-corrected chi connectivity index (χ4v) is 7.09. The minimum Gasteiger partial charge on any atom is -0.462 e. The second-order valence-corrected chi connectivity index (χ2v) is 16.3. The van der Waals surface area contributed by atoms with E-state index in [0.717, 1.165) is 44.9 Å². The average Bonchev–Trinajstić information content (AvgIpc) is 3.47. The molecule has 1 saturated carbocycles. The van der Waals surface area contributed by atoms with Crippen molar-refractivity contribution in [2.24, 2.45) is 17.6 Å². The third-order valence-corrected chi connectivity index (χ3v) is 10.6. The highest BCUT2D eigenvalue weighted by Gasteiger charge is 2.39. The Bertz CT molecular complexity index is 1300. The van der Waals surface area contributed by atoms with Crippen LogP contribution >= 0.6 is 7.82 Å². The van der Waals surface area contributed by atoms with E-state index < -0.39 is 50.8 Å². The van der Waals surface area contributed by atoms with Crippen LogP contribution in [0.1, 0.15) is 136 Å². The summed E-state index contributed by atoms with van der Waals surface area (Å²) >= 11 is 0. The molecule has 58 heavy (non-hydrogen) atoms. The number of hydrogen-bond acceptors (Lipinski definition) is 11. The van der Waals surface area contributed by atoms with E-state index in [2.05, 4.69) is 56.4 Å². The molecule has 0 radical (unpaired) electrons. The number of esters is 2. The minimum absolute atomic E-state index is 0.00356. The van der Waals surface area contributed by atoms with Gasteiger partial charge in [-0.05, 0) is 76.5 Å². The predicted octanol–water partition coefficient (Wildman–Crippen LogP) is 8.65. The smallest absolute Gasteiger partial charge is 0.462 e. The van der Waals surface area contributed by atoms with Crippen molar-refractivity contribution in [1.82, 2.24) is 0 Å². The van der Waals surface area contributed by atoms with Gasteiger partial charge in [-0.1, -0.05) is 119 Å². The quantitative estimate of drug-likeness (QED) is 0.0177. The predicted molar refractivity (Wildman–Crippen MR) is 231 cm³/mol. The third-order valence-electron chi connectivity index (χ3n) is 9.63. The Balaban J connectivity index is 2.47. The first kappa shape index (κ1) is 53.3. The largest absolute Gasteiger partial charge is 0.472 e. The van der Waals surface area contributed by atoms with Crippen LogP contribution in [0.3, 0.4) is 0 Å². The number of hydrogen-bond donors (Lipinski definition) is 5. The summed E-state index contributed by atoms with van der Waals surface area (Å²) in [4.78, 5) is 35.0. The lowest BCUT2D eigenvalue weighted by Crippen LogP contribution is -2.29. The standard InChI is InChI=1S/C45H76NO11P/c1-3-5-7-8-9-10-11-12-13-14-15-16-17-18-19-20-25-29-44(50)54-36-39(37-56-58(52,53)55-34-33-46)57-45(51)30-26-22-21-24-28-40-41(43(49)35-42(40)48)32-31-38(47)27-23-6-4-2/h9-10,12-13,15-16,18-19,21,24,31-32,38-43,47-49H,3-8,11,14,17,20,22-23,25-30,33-37,46H2,1-2H3,(H,52,53)/b10-9-,13-12-,16-15-,19-18-,24-21+,32-31+/t38-,39+,40+,41+,42-,43+/m0/s1. The van der Waals surface area contributed by atoms with Crippen molar-refractivity contribution in [2.75, 3.05) is 26.4 Å². The van der Waals surface area contributed by atoms with Crippen LogP contribution in [0.15, 0.2) is 72.9 Å². The van der Waals surface area contributed by atoms with Crippen molar-refractivity contribution in [3.8, 4) is 0 Å². The molecule has 0 bridgehead atoms. The van der Waals surface area contributed by atoms with E-state index in [1.165, 1.54) is 19.3 Å². The number of phosphoric ester groups is 1. The number of rotatable bonds is 35. The van der Waals surface area contributed by atoms with Crippen LogP contribution in [-0.2, 0) is 32.7 Å². The van der Waals surface area contributed by atoms with E-state index in [1.807, 2.05) is 24.3 Å². The summed E-state index contributed by atoms with van der Waals surface area (Å²) in [6.45, 7) is 3.23. The summed E-state index contributed by atoms with van der Waals surface area (Å²) in [7, 11) is -4.46. The van der Waals surface area contributed by atoms with Crippen LogP contribution in [0.25, 0.3) is 0 Å². The van der Waals surface area contributed by atoms with E-state index in [-0.39, 0.29) is 50.9 Å². The molecule has 6 N–H and O–H groups in total. The lowest BCUT2D eigenvalue weighted by Gasteiger charge is -2.20. The highest BCUT2D eigenvalue weighted by Crippen LogP contribution is 2.43. The van der Waals surface area contributed by atoms with Gasteiger partial charge in [-0.25, -0.2) is 4.57 Å². The third kappa shape index (κ3) is 28.7. The molecule has 0 aromatic carbocycles. The first-order chi connectivity index (χ1) is 28.0. The second kappa shape index (κ2) is 35.1. The van der Waals surface area contributed by atoms with Gasteiger partial charge in [-0.15, -0.1) is 0 Å². The molecule has 0 aromatic rings. The molecule has 1 unspecified atom stereocenters. The fourth-order valence-electron chi connectivity index (χ4n) is 6.33. The Labute approximate surface area is 348 Å². The van der Waals surface area contributed by atoms with Crippen LogP contribution < -0.4 is 5.73 Å². The molecule has 0 aliphatic heterocycles. The lowest BCUT2D eigenvalue weighted by atomic mass is 9.89. The van der Waals surface area contributed by atoms with Crippen molar-refractivity contribution in [3.05, 3.63) is 72.9 Å². The lowest BCUT2D eigenvalue weighted by molar-refractivity contribution is -0.161. The molecule has 1 aliphatic rings. The Morgan fingerprint density at radius 1 is 0.741 bits per heavy atom. The molecule has 1 aliphatic carbocycles. The second-order valence-electron chi connectivity index (χ2n) is 14.8. The van der Waals surface area contributed by atoms with Crippen molar-refractivity contribution >= 4 is 19.8 Å². The van der Waals surface area contributed by atoms with Gasteiger partial charge in [0.15, 0.2) is 6.10 Å². The topological polar surface area (TPSA) is 195 Å². The van der Waals surface area contributed by atoms with Gasteiger partial charge < -0.3 is 35.4 Å². The van der Waals surface area contributed by atoms with Crippen LogP contribution in [-0.4, -0.2) is 82.9 Å². The molecular formula is C45H76NO11P. The van der Waals surface area contributed by atoms with E-state index in [0.29, 0.717) is 38.5 Å². The van der Waals surface area contributed by atoms with E-state index >= 15 is 0 Å². The summed E-state index contributed by atoms with van der Waals surface area (Å²) in [6.07, 6.45) is 36.1. The molecular weight excluding hydrogens is 761 g/mol. The molecule has 0 spiro atoms. The zero-order valence-corrected chi connectivity index (χ0v) is 36.2. The minimum atomic E-state index is -4.46. The summed E-state index contributed by atoms with van der Waals surface area (Å²) in [5.41, 5.74) is 5.34. The number of nitrogens with two attached hydrogens (primary N) is 1. The summed E-state index contributed by atoms with van der Waals surface area (Å²) in [5.74, 6) is -1.53. The Morgan fingerprint density at radius 2 is 1.31 bits per heavy atom. The Kier molecular flexibility index (Phi) is 32.3. The molecule has 0 saturated heterocycles. The number of aliphatic hydroxyl groups excluding tert-OH is 3. The van der Waals surface area contributed by atoms with Crippen LogP contribution in [0, 0.1) is 11.8 Å². The molecule has 332 valence electrons. The van der Waals surface area contributed by atoms with Crippen LogP contribution in [0.2, 0.25) is 0 Å². The number of carbonyl (C=O) groups excluding carboxylic acids is 2. The van der Waals surface area contributed by atoms with Gasteiger partial charge in [0.2, 0.25) is 0 Å². The highest BCUT2D eigenvalue weighted by molar-refractivity contribution is 7.47. The molecule has 12 nitrogen and oxygen atoms in total. The Hall–Kier alpha value is -2.67. The summed E-state index contributed by atoms with van der Waals surface area (Å²) in [6, 6.07) is 0. The summed E-state index contributed by atoms with van der Waals surface area (Å²) < 4.78 is 32.7. The molecule has 0 aromatic heterocycles. The fraction of sp³-hybridized carbons (Fsp3) is 0.689. The molecule has 0 amide bonds. The van der Waals surface area contributed by atoms with Crippen LogP contribution in [0.5, 0.6) is 0 Å². The van der Waals surface area contributed by atoms with Crippen molar-refractivity contribution in [2.45, 2.75) is 160 Å². The van der Waals surface area contributed by atoms with Gasteiger partial charge in [0.05, 0.1) is 31.5 Å². The maximum absolute atomic E-state index is 12.7. The number of carbonyl (C=O) groups is 2. The first-order valence-corrected chi connectivity index (χ1v) is 23.2. The number of phosphoric acid groups is 1. The molecule has 0 heterocycles. The van der Waals surface area contributed by atoms with Gasteiger partial charge in [-0.3, -0.25) is 18.6 Å². The zero-order chi connectivity index (χ0) is 42.7. The SMILES string of the molecule is CCCCC/C=C\C/C=C\C/C=C\C/C=C\CCCC(=O)OC[C@H](COP(=O)(O)OCCN)OC(=O)CCC/C=C/C[C@@H]1[C@@H](/C=C/[C@@H](O)CCCCC)[C@H](O)C[C@@H]1O. The number of allylic oxidation sites excluding steroid dienone is 10. The van der Waals surface area contributed by atoms with E-state index in [4.69, 9.17) is 24.3 Å². The average molecular weight is 838 g/mol. The molecule has 13 heteroatoms. The van der Waals surface area contributed by atoms with Gasteiger partial charge in [-0.2, -0.15) is 0 Å². The summed E-state index contributed by atoms with van der Waals surface area (Å²) in [5, 5.41) is 31.3. The normalized spacial score (nSPS) is 21.0. The molecule has 1 rings (SSSR count). The van der Waals surface area contributed by atoms with E-state index in [9.17, 15) is 34.4 Å². The maximum Gasteiger partial charge on any atom is 0.472 e. The van der Waals surface area contributed by atoms with Gasteiger partial charge >= 0.3 is 19.8 Å². The number of aliphatic hydroxyl groups is 3. The molecule has 1 fully saturated rings. The zero-order valence-electron chi connectivity index (χ0n) is 35.3. The number of ether oxygens (including phenoxy) is 2. The van der Waals surface area contributed by atoms with E-state index in [1.54, 1.807) is 6.08 Å². The number of unbranched alkanes of at least 4 members (excludes halogenated alkanes) is 7. The van der Waals surface area contributed by atoms with Crippen molar-refractivity contribution < 1.29 is 52.9 Å². The first-order valence-electron chi connectivity index (χ1n) is 21.7. The van der Waals surface area contributed by atoms with Gasteiger partial charge in [0.25, 0.3) is 0 Å². The van der Waals surface area contributed by atoms with Crippen molar-refractivity contribution in [1.29, 1.82) is 0 Å². The van der Waals surface area contributed by atoms with Crippen LogP contribution in [0.4, 0.5) is 0 Å². The van der Waals surface area contributed by atoms with Gasteiger partial charge in [0.1, 0.15) is 6.61 Å². The van der Waals surface area contributed by atoms with Crippen molar-refractivity contribution in [3.63, 3.8) is 0 Å². The molecule has 7 atom stereocenters. The monoisotopic (exact) mass is 838 g/mol. The maximum atomic E-state index is 12.7.